The van der Waals surface area contributed by atoms with E-state index in [9.17, 15) is 9.18 Å². The SMILES string of the molecule is CC(=O)NCCCOc1ccc(-c2cnc3ccc(-c4c[nH]nc4-c4ccc(F)cc4)cn23)cc1. The highest BCUT2D eigenvalue weighted by molar-refractivity contribution is 5.81. The van der Waals surface area contributed by atoms with Gasteiger partial charge < -0.3 is 10.1 Å². The van der Waals surface area contributed by atoms with Crippen LogP contribution in [0.2, 0.25) is 0 Å². The van der Waals surface area contributed by atoms with E-state index in [-0.39, 0.29) is 11.7 Å². The number of nitrogens with zero attached hydrogens (tertiary/aromatic N) is 3. The predicted octanol–water partition coefficient (Wildman–Crippen LogP) is 5.10. The molecule has 8 heteroatoms. The van der Waals surface area contributed by atoms with Crippen LogP contribution in [0.4, 0.5) is 4.39 Å². The quantitative estimate of drug-likeness (QED) is 0.310. The van der Waals surface area contributed by atoms with Gasteiger partial charge in [-0.15, -0.1) is 0 Å². The fourth-order valence-electron chi connectivity index (χ4n) is 3.94. The zero-order valence-electron chi connectivity index (χ0n) is 19.2. The average Bonchev–Trinajstić information content (AvgIpc) is 3.52. The molecule has 0 saturated heterocycles. The summed E-state index contributed by atoms with van der Waals surface area (Å²) in [7, 11) is 0. The van der Waals surface area contributed by atoms with Gasteiger partial charge >= 0.3 is 0 Å². The van der Waals surface area contributed by atoms with Crippen LogP contribution in [0.25, 0.3) is 39.3 Å². The molecule has 5 rings (SSSR count). The predicted molar refractivity (Wildman–Crippen MR) is 132 cm³/mol. The number of ether oxygens (including phenoxy) is 1. The number of aromatic amines is 1. The van der Waals surface area contributed by atoms with Crippen molar-refractivity contribution < 1.29 is 13.9 Å². The maximum Gasteiger partial charge on any atom is 0.216 e. The van der Waals surface area contributed by atoms with Crippen molar-refractivity contribution in [1.29, 1.82) is 0 Å². The van der Waals surface area contributed by atoms with E-state index in [1.54, 1.807) is 12.1 Å². The van der Waals surface area contributed by atoms with Crippen LogP contribution in [0.15, 0.2) is 79.3 Å². The molecule has 5 aromatic rings. The molecule has 0 bridgehead atoms. The number of aromatic nitrogens is 4. The zero-order valence-corrected chi connectivity index (χ0v) is 19.2. The third-order valence-electron chi connectivity index (χ3n) is 5.69. The zero-order chi connectivity index (χ0) is 24.2. The normalized spacial score (nSPS) is 11.0. The highest BCUT2D eigenvalue weighted by Crippen LogP contribution is 2.32. The molecule has 0 spiro atoms. The maximum absolute atomic E-state index is 13.4. The molecule has 35 heavy (non-hydrogen) atoms. The number of carbonyl (C=O) groups is 1. The Morgan fingerprint density at radius 1 is 1.03 bits per heavy atom. The van der Waals surface area contributed by atoms with Crippen molar-refractivity contribution >= 4 is 11.6 Å². The number of halogens is 1. The Bertz CT molecular complexity index is 1460. The average molecular weight is 470 g/mol. The van der Waals surface area contributed by atoms with Gasteiger partial charge in [-0.05, 0) is 67.1 Å². The number of fused-ring (bicyclic) bond motifs is 1. The molecule has 0 unspecified atom stereocenters. The molecule has 0 aliphatic carbocycles. The first-order chi connectivity index (χ1) is 17.1. The molecule has 3 aromatic heterocycles. The molecule has 2 N–H and O–H groups in total. The van der Waals surface area contributed by atoms with E-state index in [0.717, 1.165) is 51.5 Å². The van der Waals surface area contributed by atoms with Crippen LogP contribution in [0.1, 0.15) is 13.3 Å². The monoisotopic (exact) mass is 469 g/mol. The summed E-state index contributed by atoms with van der Waals surface area (Å²) in [6.45, 7) is 2.62. The molecular formula is C27H24FN5O2. The Hall–Kier alpha value is -4.46. The van der Waals surface area contributed by atoms with Gasteiger partial charge in [-0.25, -0.2) is 9.37 Å². The van der Waals surface area contributed by atoms with Crippen molar-refractivity contribution in [2.24, 2.45) is 0 Å². The summed E-state index contributed by atoms with van der Waals surface area (Å²) in [5.74, 6) is 0.454. The van der Waals surface area contributed by atoms with Crippen LogP contribution in [-0.2, 0) is 4.79 Å². The van der Waals surface area contributed by atoms with E-state index < -0.39 is 0 Å². The van der Waals surface area contributed by atoms with Crippen molar-refractivity contribution in [1.82, 2.24) is 24.9 Å². The minimum atomic E-state index is -0.281. The molecule has 0 saturated carbocycles. The summed E-state index contributed by atoms with van der Waals surface area (Å²) < 4.78 is 21.2. The highest BCUT2D eigenvalue weighted by Gasteiger charge is 2.13. The Balaban J connectivity index is 1.38. The van der Waals surface area contributed by atoms with Crippen molar-refractivity contribution in [2.45, 2.75) is 13.3 Å². The number of amides is 1. The topological polar surface area (TPSA) is 84.3 Å². The second kappa shape index (κ2) is 9.80. The summed E-state index contributed by atoms with van der Waals surface area (Å²) in [5, 5.41) is 10.1. The molecule has 0 atom stereocenters. The number of hydrogen-bond donors (Lipinski definition) is 2. The van der Waals surface area contributed by atoms with Gasteiger partial charge in [0.25, 0.3) is 0 Å². The fourth-order valence-corrected chi connectivity index (χ4v) is 3.94. The van der Waals surface area contributed by atoms with Crippen molar-refractivity contribution in [3.05, 3.63) is 85.1 Å². The lowest BCUT2D eigenvalue weighted by Crippen LogP contribution is -2.22. The Morgan fingerprint density at radius 2 is 1.77 bits per heavy atom. The van der Waals surface area contributed by atoms with Crippen molar-refractivity contribution in [3.8, 4) is 39.4 Å². The number of carbonyl (C=O) groups excluding carboxylic acids is 1. The van der Waals surface area contributed by atoms with Gasteiger partial charge in [0.1, 0.15) is 17.2 Å². The second-order valence-electron chi connectivity index (χ2n) is 8.15. The molecule has 2 aromatic carbocycles. The Kier molecular flexibility index (Phi) is 6.26. The van der Waals surface area contributed by atoms with Crippen LogP contribution >= 0.6 is 0 Å². The molecular weight excluding hydrogens is 445 g/mol. The molecule has 3 heterocycles. The Morgan fingerprint density at radius 3 is 2.54 bits per heavy atom. The minimum Gasteiger partial charge on any atom is -0.494 e. The molecule has 0 aliphatic heterocycles. The number of hydrogen-bond acceptors (Lipinski definition) is 4. The van der Waals surface area contributed by atoms with E-state index in [4.69, 9.17) is 4.74 Å². The third kappa shape index (κ3) is 4.91. The highest BCUT2D eigenvalue weighted by atomic mass is 19.1. The molecule has 7 nitrogen and oxygen atoms in total. The molecule has 0 aliphatic rings. The lowest BCUT2D eigenvalue weighted by atomic mass is 10.0. The number of H-pyrrole nitrogens is 1. The van der Waals surface area contributed by atoms with Gasteiger partial charge in [-0.3, -0.25) is 14.3 Å². The van der Waals surface area contributed by atoms with E-state index in [1.165, 1.54) is 19.1 Å². The van der Waals surface area contributed by atoms with Gasteiger partial charge in [-0.1, -0.05) is 0 Å². The summed E-state index contributed by atoms with van der Waals surface area (Å²) >= 11 is 0. The fraction of sp³-hybridized carbons (Fsp3) is 0.148. The van der Waals surface area contributed by atoms with E-state index >= 15 is 0 Å². The summed E-state index contributed by atoms with van der Waals surface area (Å²) in [6.07, 6.45) is 6.46. The number of nitrogens with one attached hydrogen (secondary N) is 2. The van der Waals surface area contributed by atoms with E-state index in [2.05, 4.69) is 20.5 Å². The minimum absolute atomic E-state index is 0.0370. The van der Waals surface area contributed by atoms with Gasteiger partial charge in [0.15, 0.2) is 0 Å². The second-order valence-corrected chi connectivity index (χ2v) is 8.15. The van der Waals surface area contributed by atoms with Crippen LogP contribution in [0.5, 0.6) is 5.75 Å². The van der Waals surface area contributed by atoms with Crippen molar-refractivity contribution in [2.75, 3.05) is 13.2 Å². The Labute approximate surface area is 201 Å². The number of pyridine rings is 1. The summed E-state index contributed by atoms with van der Waals surface area (Å²) in [5.41, 5.74) is 6.25. The maximum atomic E-state index is 13.4. The summed E-state index contributed by atoms with van der Waals surface area (Å²) in [6, 6.07) is 18.1. The number of rotatable bonds is 8. The van der Waals surface area contributed by atoms with Gasteiger partial charge in [0, 0.05) is 48.1 Å². The smallest absolute Gasteiger partial charge is 0.216 e. The largest absolute Gasteiger partial charge is 0.494 e. The summed E-state index contributed by atoms with van der Waals surface area (Å²) in [4.78, 5) is 15.5. The van der Waals surface area contributed by atoms with Gasteiger partial charge in [-0.2, -0.15) is 5.10 Å². The first-order valence-electron chi connectivity index (χ1n) is 11.3. The van der Waals surface area contributed by atoms with Crippen LogP contribution < -0.4 is 10.1 Å². The first-order valence-corrected chi connectivity index (χ1v) is 11.3. The van der Waals surface area contributed by atoms with Crippen LogP contribution in [0.3, 0.4) is 0 Å². The van der Waals surface area contributed by atoms with Gasteiger partial charge in [0.05, 0.1) is 24.2 Å². The molecule has 0 radical (unpaired) electrons. The lowest BCUT2D eigenvalue weighted by Gasteiger charge is -2.09. The standard InChI is InChI=1S/C27H24FN5O2/c1-18(34)29-13-2-14-35-23-10-5-19(6-11-23)25-16-30-26-12-7-21(17-33(25)26)24-15-31-32-27(24)20-3-8-22(28)9-4-20/h3-12,15-17H,2,13-14H2,1H3,(H,29,34)(H,31,32). The van der Waals surface area contributed by atoms with E-state index in [0.29, 0.717) is 13.2 Å². The first kappa shape index (κ1) is 22.3. The lowest BCUT2D eigenvalue weighted by molar-refractivity contribution is -0.118. The molecule has 176 valence electrons. The molecule has 1 amide bonds. The third-order valence-corrected chi connectivity index (χ3v) is 5.69. The molecule has 0 fully saturated rings. The van der Waals surface area contributed by atoms with E-state index in [1.807, 2.05) is 59.4 Å². The number of benzene rings is 2. The number of imidazole rings is 1. The van der Waals surface area contributed by atoms with Crippen LogP contribution in [0, 0.1) is 5.82 Å². The van der Waals surface area contributed by atoms with Gasteiger partial charge in [0.2, 0.25) is 5.91 Å². The van der Waals surface area contributed by atoms with Crippen molar-refractivity contribution in [3.63, 3.8) is 0 Å². The van der Waals surface area contributed by atoms with Crippen LogP contribution in [-0.4, -0.2) is 38.6 Å².